The minimum absolute atomic E-state index is 0.195. The molecule has 0 saturated carbocycles. The molecule has 2 unspecified atom stereocenters. The van der Waals surface area contributed by atoms with Gasteiger partial charge in [0, 0.05) is 34.6 Å². The zero-order valence-corrected chi connectivity index (χ0v) is 21.5. The minimum Gasteiger partial charge on any atom is -0.396 e. The van der Waals surface area contributed by atoms with Gasteiger partial charge < -0.3 is 10.2 Å². The van der Waals surface area contributed by atoms with Gasteiger partial charge in [0.2, 0.25) is 0 Å². The fourth-order valence-corrected chi connectivity index (χ4v) is 8.98. The van der Waals surface area contributed by atoms with Crippen LogP contribution in [0.3, 0.4) is 0 Å². The Morgan fingerprint density at radius 3 is 1.40 bits per heavy atom. The lowest BCUT2D eigenvalue weighted by molar-refractivity contribution is 0.299. The first-order valence-corrected chi connectivity index (χ1v) is 15.0. The minimum atomic E-state index is -0.390. The highest BCUT2D eigenvalue weighted by atomic mass is 28.2. The predicted octanol–water partition coefficient (Wildman–Crippen LogP) is 5.69. The summed E-state index contributed by atoms with van der Waals surface area (Å²) in [5.41, 5.74) is 14.0. The molecule has 2 N–H and O–H groups in total. The van der Waals surface area contributed by atoms with E-state index in [2.05, 4.69) is 84.9 Å². The van der Waals surface area contributed by atoms with E-state index >= 15 is 0 Å². The van der Waals surface area contributed by atoms with E-state index in [1.165, 1.54) is 67.7 Å². The molecule has 4 aromatic carbocycles. The second-order valence-electron chi connectivity index (χ2n) is 9.91. The third-order valence-electron chi connectivity index (χ3n) is 8.09. The van der Waals surface area contributed by atoms with Gasteiger partial charge in [0.15, 0.2) is 0 Å². The first kappa shape index (κ1) is 22.5. The van der Waals surface area contributed by atoms with E-state index in [9.17, 15) is 10.2 Å². The van der Waals surface area contributed by atoms with E-state index in [1.807, 2.05) is 0 Å². The van der Waals surface area contributed by atoms with Crippen LogP contribution in [0.15, 0.2) is 84.9 Å². The molecule has 4 aromatic rings. The quantitative estimate of drug-likeness (QED) is 0.321. The van der Waals surface area contributed by atoms with Crippen LogP contribution in [-0.4, -0.2) is 32.9 Å². The van der Waals surface area contributed by atoms with Crippen LogP contribution in [0.25, 0.3) is 22.3 Å². The Morgan fingerprint density at radius 2 is 0.943 bits per heavy atom. The first-order chi connectivity index (χ1) is 17.3. The number of benzene rings is 4. The molecule has 0 heterocycles. The van der Waals surface area contributed by atoms with Crippen molar-refractivity contribution in [3.05, 3.63) is 118 Å². The molecule has 3 heteroatoms. The largest absolute Gasteiger partial charge is 0.396 e. The summed E-state index contributed by atoms with van der Waals surface area (Å²) in [4.78, 5) is 0. The Morgan fingerprint density at radius 1 is 0.514 bits per heavy atom. The van der Waals surface area contributed by atoms with Crippen molar-refractivity contribution in [3.63, 3.8) is 0 Å². The summed E-state index contributed by atoms with van der Waals surface area (Å²) in [7, 11) is -0.390. The van der Waals surface area contributed by atoms with Crippen LogP contribution in [0, 0.1) is 0 Å². The maximum atomic E-state index is 9.72. The van der Waals surface area contributed by atoms with Crippen molar-refractivity contribution < 1.29 is 10.2 Å². The van der Waals surface area contributed by atoms with E-state index in [0.29, 0.717) is 11.8 Å². The highest BCUT2D eigenvalue weighted by Gasteiger charge is 2.33. The maximum absolute atomic E-state index is 9.72. The lowest BCUT2D eigenvalue weighted by Gasteiger charge is -2.20. The van der Waals surface area contributed by atoms with Crippen LogP contribution in [0.5, 0.6) is 0 Å². The van der Waals surface area contributed by atoms with E-state index in [4.69, 9.17) is 0 Å². The zero-order chi connectivity index (χ0) is 23.8. The van der Waals surface area contributed by atoms with Gasteiger partial charge in [-0.3, -0.25) is 0 Å². The predicted molar refractivity (Wildman–Crippen MR) is 147 cm³/mol. The molecule has 2 atom stereocenters. The number of hydrogen-bond donors (Lipinski definition) is 2. The van der Waals surface area contributed by atoms with E-state index in [-0.39, 0.29) is 13.2 Å². The van der Waals surface area contributed by atoms with Crippen LogP contribution in [-0.2, 0) is 12.8 Å². The molecule has 176 valence electrons. The van der Waals surface area contributed by atoms with Gasteiger partial charge in [0.1, 0.15) is 0 Å². The molecule has 0 amide bonds. The van der Waals surface area contributed by atoms with Crippen LogP contribution in [0.4, 0.5) is 0 Å². The standard InChI is InChI=1S/C32H32O2Si/c33-17-15-21-7-5-13-27-23-9-1-3-11-25(23)29(31(21)27)19-35-20-30-26-12-4-2-10-24(26)28-14-6-8-22(16-18-34)32(28)30/h1-14,29-30,33-34H,15-20,35H2. The Hall–Kier alpha value is -2.98. The fraction of sp³-hybridized carbons (Fsp3) is 0.250. The molecular formula is C32H32O2Si. The van der Waals surface area contributed by atoms with Crippen molar-refractivity contribution in [3.8, 4) is 22.3 Å². The average molecular weight is 477 g/mol. The van der Waals surface area contributed by atoms with Gasteiger partial charge in [-0.15, -0.1) is 0 Å². The third kappa shape index (κ3) is 3.79. The van der Waals surface area contributed by atoms with Crippen molar-refractivity contribution in [2.24, 2.45) is 0 Å². The first-order valence-electron chi connectivity index (χ1n) is 13.0. The normalized spacial score (nSPS) is 17.4. The van der Waals surface area contributed by atoms with E-state index in [0.717, 1.165) is 12.8 Å². The number of aliphatic hydroxyl groups excluding tert-OH is 2. The summed E-state index contributed by atoms with van der Waals surface area (Å²) in [5, 5.41) is 19.4. The van der Waals surface area contributed by atoms with Gasteiger partial charge in [-0.1, -0.05) is 97.0 Å². The van der Waals surface area contributed by atoms with E-state index in [1.54, 1.807) is 0 Å². The molecule has 0 radical (unpaired) electrons. The van der Waals surface area contributed by atoms with Gasteiger partial charge >= 0.3 is 0 Å². The molecule has 2 nitrogen and oxygen atoms in total. The van der Waals surface area contributed by atoms with Crippen molar-refractivity contribution in [1.82, 2.24) is 0 Å². The zero-order valence-electron chi connectivity index (χ0n) is 20.1. The Kier molecular flexibility index (Phi) is 6.15. The van der Waals surface area contributed by atoms with Crippen LogP contribution >= 0.6 is 0 Å². The lowest BCUT2D eigenvalue weighted by Crippen LogP contribution is -2.09. The molecule has 0 fully saturated rings. The van der Waals surface area contributed by atoms with Gasteiger partial charge in [-0.2, -0.15) is 0 Å². The van der Waals surface area contributed by atoms with Crippen molar-refractivity contribution in [2.45, 2.75) is 36.8 Å². The molecule has 0 aliphatic heterocycles. The molecular weight excluding hydrogens is 444 g/mol. The third-order valence-corrected chi connectivity index (χ3v) is 10.1. The molecule has 2 aliphatic carbocycles. The summed E-state index contributed by atoms with van der Waals surface area (Å²) in [5.74, 6) is 0.888. The van der Waals surface area contributed by atoms with Crippen molar-refractivity contribution in [2.75, 3.05) is 13.2 Å². The topological polar surface area (TPSA) is 40.5 Å². The number of fused-ring (bicyclic) bond motifs is 6. The molecule has 0 bridgehead atoms. The summed E-state index contributed by atoms with van der Waals surface area (Å²) in [6.45, 7) is 0.389. The number of hydrogen-bond acceptors (Lipinski definition) is 2. The van der Waals surface area contributed by atoms with Crippen LogP contribution < -0.4 is 0 Å². The van der Waals surface area contributed by atoms with Gasteiger partial charge in [0.25, 0.3) is 0 Å². The number of rotatable bonds is 8. The van der Waals surface area contributed by atoms with Crippen molar-refractivity contribution >= 4 is 9.52 Å². The molecule has 0 aromatic heterocycles. The van der Waals surface area contributed by atoms with E-state index < -0.39 is 9.52 Å². The number of aliphatic hydroxyl groups is 2. The Labute approximate surface area is 210 Å². The maximum Gasteiger partial charge on any atom is 0.0471 e. The fourth-order valence-electron chi connectivity index (χ4n) is 6.72. The molecule has 0 saturated heterocycles. The Balaban J connectivity index is 1.32. The molecule has 0 spiro atoms. The van der Waals surface area contributed by atoms with Crippen LogP contribution in [0.2, 0.25) is 12.1 Å². The molecule has 6 rings (SSSR count). The summed E-state index contributed by atoms with van der Waals surface area (Å²) >= 11 is 0. The monoisotopic (exact) mass is 476 g/mol. The molecule has 35 heavy (non-hydrogen) atoms. The van der Waals surface area contributed by atoms with Gasteiger partial charge in [0.05, 0.1) is 0 Å². The summed E-state index contributed by atoms with van der Waals surface area (Å²) in [6, 6.07) is 33.5. The smallest absolute Gasteiger partial charge is 0.0471 e. The second-order valence-corrected chi connectivity index (χ2v) is 11.8. The highest BCUT2D eigenvalue weighted by molar-refractivity contribution is 6.36. The SMILES string of the molecule is OCCc1cccc2c1C(C[SiH2]CC1c3ccccc3-c3cccc(CCO)c31)c1ccccc1-2. The van der Waals surface area contributed by atoms with Gasteiger partial charge in [-0.25, -0.2) is 0 Å². The highest BCUT2D eigenvalue weighted by Crippen LogP contribution is 2.50. The summed E-state index contributed by atoms with van der Waals surface area (Å²) < 4.78 is 0. The van der Waals surface area contributed by atoms with Gasteiger partial charge in [-0.05, 0) is 68.5 Å². The lowest BCUT2D eigenvalue weighted by atomic mass is 9.93. The molecule has 2 aliphatic rings. The Bertz CT molecular complexity index is 1270. The summed E-state index contributed by atoms with van der Waals surface area (Å²) in [6.07, 6.45) is 1.45. The van der Waals surface area contributed by atoms with Crippen LogP contribution in [0.1, 0.15) is 45.2 Å². The van der Waals surface area contributed by atoms with Crippen molar-refractivity contribution in [1.29, 1.82) is 0 Å². The second kappa shape index (κ2) is 9.58. The average Bonchev–Trinajstić information content (AvgIpc) is 3.39.